The second-order valence-electron chi connectivity index (χ2n) is 6.40. The number of benzene rings is 1. The van der Waals surface area contributed by atoms with Crippen LogP contribution in [0.2, 0.25) is 5.02 Å². The molecule has 0 saturated carbocycles. The monoisotopic (exact) mass is 329 g/mol. The number of rotatable bonds is 7. The van der Waals surface area contributed by atoms with Gasteiger partial charge in [0.05, 0.1) is 4.75 Å². The van der Waals surface area contributed by atoms with Crippen molar-refractivity contribution in [3.05, 3.63) is 34.9 Å². The highest BCUT2D eigenvalue weighted by Crippen LogP contribution is 2.31. The van der Waals surface area contributed by atoms with Gasteiger partial charge in [-0.25, -0.2) is 0 Å². The van der Waals surface area contributed by atoms with E-state index in [0.717, 1.165) is 10.6 Å². The summed E-state index contributed by atoms with van der Waals surface area (Å²) in [5.74, 6) is 0.657. The summed E-state index contributed by atoms with van der Waals surface area (Å²) in [5, 5.41) is 12.9. The zero-order valence-electron chi connectivity index (χ0n) is 13.1. The van der Waals surface area contributed by atoms with E-state index in [0.29, 0.717) is 12.3 Å². The number of amides is 1. The molecule has 0 fully saturated rings. The highest BCUT2D eigenvalue weighted by Gasteiger charge is 2.29. The number of aliphatic hydroxyl groups excluding tert-OH is 1. The van der Waals surface area contributed by atoms with Crippen LogP contribution in [0.25, 0.3) is 0 Å². The second kappa shape index (κ2) is 7.52. The number of hydrogen-bond acceptors (Lipinski definition) is 3. The van der Waals surface area contributed by atoms with Gasteiger partial charge in [0.2, 0.25) is 5.91 Å². The number of thioether (sulfide) groups is 1. The van der Waals surface area contributed by atoms with Crippen LogP contribution in [0.4, 0.5) is 0 Å². The van der Waals surface area contributed by atoms with E-state index in [9.17, 15) is 9.90 Å². The van der Waals surface area contributed by atoms with Crippen molar-refractivity contribution in [3.63, 3.8) is 0 Å². The highest BCUT2D eigenvalue weighted by atomic mass is 35.5. The second-order valence-corrected chi connectivity index (χ2v) is 8.40. The fourth-order valence-corrected chi connectivity index (χ4v) is 2.78. The fraction of sp³-hybridized carbons (Fsp3) is 0.562. The topological polar surface area (TPSA) is 49.3 Å². The Morgan fingerprint density at radius 3 is 2.48 bits per heavy atom. The summed E-state index contributed by atoms with van der Waals surface area (Å²) in [5.41, 5.74) is 0.722. The van der Waals surface area contributed by atoms with E-state index in [1.165, 1.54) is 0 Å². The molecule has 21 heavy (non-hydrogen) atoms. The first-order valence-corrected chi connectivity index (χ1v) is 8.31. The third-order valence-electron chi connectivity index (χ3n) is 3.25. The van der Waals surface area contributed by atoms with Crippen LogP contribution in [0.1, 0.15) is 33.3 Å². The summed E-state index contributed by atoms with van der Waals surface area (Å²) in [6, 6.07) is 7.66. The van der Waals surface area contributed by atoms with E-state index in [-0.39, 0.29) is 17.9 Å². The molecule has 1 aromatic carbocycles. The molecule has 3 nitrogen and oxygen atoms in total. The molecule has 0 aliphatic rings. The van der Waals surface area contributed by atoms with Gasteiger partial charge >= 0.3 is 0 Å². The number of halogens is 1. The maximum atomic E-state index is 12.3. The Morgan fingerprint density at radius 2 is 1.90 bits per heavy atom. The van der Waals surface area contributed by atoms with Crippen LogP contribution >= 0.6 is 23.4 Å². The summed E-state index contributed by atoms with van der Waals surface area (Å²) < 4.78 is -0.551. The Morgan fingerprint density at radius 1 is 1.29 bits per heavy atom. The van der Waals surface area contributed by atoms with Crippen LogP contribution in [-0.4, -0.2) is 28.9 Å². The fourth-order valence-electron chi connectivity index (χ4n) is 1.53. The lowest BCUT2D eigenvalue weighted by Crippen LogP contribution is -2.44. The zero-order chi connectivity index (χ0) is 16.1. The van der Waals surface area contributed by atoms with Crippen molar-refractivity contribution in [2.75, 3.05) is 13.2 Å². The third kappa shape index (κ3) is 5.89. The van der Waals surface area contributed by atoms with Gasteiger partial charge in [-0.3, -0.25) is 4.79 Å². The van der Waals surface area contributed by atoms with Gasteiger partial charge < -0.3 is 10.4 Å². The van der Waals surface area contributed by atoms with Crippen molar-refractivity contribution >= 4 is 29.3 Å². The first kappa shape index (κ1) is 18.3. The smallest absolute Gasteiger partial charge is 0.235 e. The van der Waals surface area contributed by atoms with Crippen LogP contribution in [0.15, 0.2) is 24.3 Å². The van der Waals surface area contributed by atoms with Gasteiger partial charge in [0.1, 0.15) is 0 Å². The standard InChI is InChI=1S/C16H24ClNO2S/c1-15(2,11-19)10-18-14(20)16(3,4)21-9-12-7-5-6-8-13(12)17/h5-8,19H,9-11H2,1-4H3,(H,18,20). The van der Waals surface area contributed by atoms with E-state index >= 15 is 0 Å². The molecule has 0 aliphatic heterocycles. The Kier molecular flexibility index (Phi) is 6.57. The Bertz CT molecular complexity index is 489. The van der Waals surface area contributed by atoms with E-state index in [4.69, 9.17) is 11.6 Å². The molecule has 0 spiro atoms. The largest absolute Gasteiger partial charge is 0.396 e. The highest BCUT2D eigenvalue weighted by molar-refractivity contribution is 8.00. The van der Waals surface area contributed by atoms with Crippen LogP contribution in [-0.2, 0) is 10.5 Å². The first-order chi connectivity index (χ1) is 9.68. The SMILES string of the molecule is CC(C)(CO)CNC(=O)C(C)(C)SCc1ccccc1Cl. The predicted octanol–water partition coefficient (Wildman–Crippen LogP) is 3.49. The Hall–Kier alpha value is -0.710. The molecule has 118 valence electrons. The minimum Gasteiger partial charge on any atom is -0.396 e. The molecule has 2 N–H and O–H groups in total. The Labute approximate surface area is 136 Å². The molecule has 0 heterocycles. The lowest BCUT2D eigenvalue weighted by atomic mass is 9.95. The lowest BCUT2D eigenvalue weighted by molar-refractivity contribution is -0.123. The molecule has 0 bridgehead atoms. The van der Waals surface area contributed by atoms with Crippen molar-refractivity contribution in [1.29, 1.82) is 0 Å². The molecule has 1 rings (SSSR count). The summed E-state index contributed by atoms with van der Waals surface area (Å²) in [6.07, 6.45) is 0. The first-order valence-electron chi connectivity index (χ1n) is 6.94. The van der Waals surface area contributed by atoms with Gasteiger partial charge in [0.25, 0.3) is 0 Å². The predicted molar refractivity (Wildman–Crippen MR) is 90.7 cm³/mol. The molecule has 0 radical (unpaired) electrons. The molecular weight excluding hydrogens is 306 g/mol. The summed E-state index contributed by atoms with van der Waals surface area (Å²) >= 11 is 7.68. The molecule has 0 aromatic heterocycles. The van der Waals surface area contributed by atoms with E-state index < -0.39 is 4.75 Å². The molecular formula is C16H24ClNO2S. The molecule has 0 saturated heterocycles. The Balaban J connectivity index is 2.56. The van der Waals surface area contributed by atoms with Crippen molar-refractivity contribution in [2.45, 2.75) is 38.2 Å². The molecule has 0 unspecified atom stereocenters. The number of aliphatic hydroxyl groups is 1. The quantitative estimate of drug-likeness (QED) is 0.805. The summed E-state index contributed by atoms with van der Waals surface area (Å²) in [7, 11) is 0. The molecule has 1 aromatic rings. The maximum Gasteiger partial charge on any atom is 0.235 e. The van der Waals surface area contributed by atoms with Gasteiger partial charge in [-0.15, -0.1) is 11.8 Å². The summed E-state index contributed by atoms with van der Waals surface area (Å²) in [6.45, 7) is 8.12. The minimum atomic E-state index is -0.551. The molecule has 5 heteroatoms. The van der Waals surface area contributed by atoms with Gasteiger partial charge in [0, 0.05) is 29.3 Å². The van der Waals surface area contributed by atoms with Gasteiger partial charge in [-0.05, 0) is 25.5 Å². The van der Waals surface area contributed by atoms with Crippen LogP contribution in [0.5, 0.6) is 0 Å². The van der Waals surface area contributed by atoms with Crippen LogP contribution in [0.3, 0.4) is 0 Å². The number of carbonyl (C=O) groups is 1. The molecule has 0 atom stereocenters. The van der Waals surface area contributed by atoms with Crippen molar-refractivity contribution in [2.24, 2.45) is 5.41 Å². The summed E-state index contributed by atoms with van der Waals surface area (Å²) in [4.78, 5) is 12.3. The van der Waals surface area contributed by atoms with Crippen LogP contribution in [0, 0.1) is 5.41 Å². The lowest BCUT2D eigenvalue weighted by Gasteiger charge is -2.27. The minimum absolute atomic E-state index is 0.0268. The molecule has 0 aliphatic carbocycles. The zero-order valence-corrected chi connectivity index (χ0v) is 14.6. The van der Waals surface area contributed by atoms with Gasteiger partial charge in [-0.2, -0.15) is 0 Å². The van der Waals surface area contributed by atoms with Crippen LogP contribution < -0.4 is 5.32 Å². The maximum absolute atomic E-state index is 12.3. The average Bonchev–Trinajstić information content (AvgIpc) is 2.44. The number of hydrogen-bond donors (Lipinski definition) is 2. The van der Waals surface area contributed by atoms with Gasteiger partial charge in [-0.1, -0.05) is 43.6 Å². The van der Waals surface area contributed by atoms with E-state index in [1.54, 1.807) is 11.8 Å². The van der Waals surface area contributed by atoms with E-state index in [2.05, 4.69) is 5.32 Å². The number of carbonyl (C=O) groups excluding carboxylic acids is 1. The average molecular weight is 330 g/mol. The van der Waals surface area contributed by atoms with Crippen molar-refractivity contribution < 1.29 is 9.90 Å². The molecule has 1 amide bonds. The number of nitrogens with one attached hydrogen (secondary N) is 1. The third-order valence-corrected chi connectivity index (χ3v) is 4.98. The van der Waals surface area contributed by atoms with Crippen molar-refractivity contribution in [1.82, 2.24) is 5.32 Å². The van der Waals surface area contributed by atoms with Crippen molar-refractivity contribution in [3.8, 4) is 0 Å². The normalized spacial score (nSPS) is 12.3. The van der Waals surface area contributed by atoms with Gasteiger partial charge in [0.15, 0.2) is 0 Å². The van der Waals surface area contributed by atoms with E-state index in [1.807, 2.05) is 52.0 Å².